The zero-order chi connectivity index (χ0) is 21.2. The van der Waals surface area contributed by atoms with E-state index in [4.69, 9.17) is 14.2 Å². The minimum atomic E-state index is -0.754. The van der Waals surface area contributed by atoms with Crippen molar-refractivity contribution in [2.24, 2.45) is 0 Å². The fourth-order valence-electron chi connectivity index (χ4n) is 2.50. The van der Waals surface area contributed by atoms with E-state index in [1.54, 1.807) is 55.6 Å². The lowest BCUT2D eigenvalue weighted by Crippen LogP contribution is -2.37. The monoisotopic (exact) mass is 406 g/mol. The number of rotatable bonds is 8. The van der Waals surface area contributed by atoms with Crippen LogP contribution in [0.15, 0.2) is 78.9 Å². The maximum Gasteiger partial charge on any atom is 0.313 e. The highest BCUT2D eigenvalue weighted by molar-refractivity contribution is 6.39. The van der Waals surface area contributed by atoms with E-state index in [2.05, 4.69) is 10.6 Å². The zero-order valence-corrected chi connectivity index (χ0v) is 16.5. The number of ether oxygens (including phenoxy) is 3. The molecule has 3 aromatic carbocycles. The summed E-state index contributed by atoms with van der Waals surface area (Å²) >= 11 is 0. The van der Waals surface area contributed by atoms with Crippen LogP contribution < -0.4 is 24.8 Å². The standard InChI is InChI=1S/C23H22N2O5/c1-28-18-11-13-19(14-12-18)29-16-15-24-22(26)23(27)25-17-7-9-21(10-8-17)30-20-5-3-2-4-6-20/h2-14H,15-16H2,1H3,(H,24,26)(H,25,27). The Hall–Kier alpha value is -4.00. The molecule has 30 heavy (non-hydrogen) atoms. The Morgan fingerprint density at radius 1 is 0.733 bits per heavy atom. The Morgan fingerprint density at radius 3 is 2.00 bits per heavy atom. The quantitative estimate of drug-likeness (QED) is 0.441. The molecule has 3 rings (SSSR count). The largest absolute Gasteiger partial charge is 0.497 e. The van der Waals surface area contributed by atoms with Crippen molar-refractivity contribution in [3.05, 3.63) is 78.9 Å². The van der Waals surface area contributed by atoms with E-state index in [0.717, 1.165) is 5.75 Å². The Morgan fingerprint density at radius 2 is 1.33 bits per heavy atom. The van der Waals surface area contributed by atoms with Gasteiger partial charge in [-0.05, 0) is 60.7 Å². The van der Waals surface area contributed by atoms with Gasteiger partial charge in [-0.3, -0.25) is 9.59 Å². The Balaban J connectivity index is 1.39. The van der Waals surface area contributed by atoms with Crippen molar-refractivity contribution < 1.29 is 23.8 Å². The molecule has 0 fully saturated rings. The molecule has 0 saturated carbocycles. The molecule has 0 aliphatic heterocycles. The number of anilines is 1. The summed E-state index contributed by atoms with van der Waals surface area (Å²) in [6.45, 7) is 0.430. The topological polar surface area (TPSA) is 85.9 Å². The average Bonchev–Trinajstić information content (AvgIpc) is 2.79. The normalized spacial score (nSPS) is 10.0. The van der Waals surface area contributed by atoms with E-state index in [9.17, 15) is 9.59 Å². The van der Waals surface area contributed by atoms with E-state index in [1.165, 1.54) is 0 Å². The van der Waals surface area contributed by atoms with Crippen molar-refractivity contribution in [3.8, 4) is 23.0 Å². The van der Waals surface area contributed by atoms with Gasteiger partial charge in [0.05, 0.1) is 13.7 Å². The van der Waals surface area contributed by atoms with Gasteiger partial charge in [0, 0.05) is 5.69 Å². The number of nitrogens with one attached hydrogen (secondary N) is 2. The number of amides is 2. The van der Waals surface area contributed by atoms with Gasteiger partial charge in [-0.15, -0.1) is 0 Å². The molecule has 0 aromatic heterocycles. The predicted octanol–water partition coefficient (Wildman–Crippen LogP) is 3.62. The summed E-state index contributed by atoms with van der Waals surface area (Å²) in [5.74, 6) is 1.22. The highest BCUT2D eigenvalue weighted by atomic mass is 16.5. The average molecular weight is 406 g/mol. The summed E-state index contributed by atoms with van der Waals surface area (Å²) in [6, 6.07) is 23.2. The van der Waals surface area contributed by atoms with E-state index >= 15 is 0 Å². The van der Waals surface area contributed by atoms with Gasteiger partial charge in [0.15, 0.2) is 0 Å². The first kappa shape index (κ1) is 20.7. The van der Waals surface area contributed by atoms with Crippen LogP contribution in [0.2, 0.25) is 0 Å². The molecule has 2 amide bonds. The van der Waals surface area contributed by atoms with Gasteiger partial charge in [-0.25, -0.2) is 0 Å². The second kappa shape index (κ2) is 10.5. The second-order valence-corrected chi connectivity index (χ2v) is 6.17. The minimum Gasteiger partial charge on any atom is -0.497 e. The van der Waals surface area contributed by atoms with Crippen molar-refractivity contribution in [1.29, 1.82) is 0 Å². The molecule has 7 nitrogen and oxygen atoms in total. The van der Waals surface area contributed by atoms with E-state index < -0.39 is 11.8 Å². The zero-order valence-electron chi connectivity index (χ0n) is 16.5. The molecule has 0 aliphatic carbocycles. The van der Waals surface area contributed by atoms with Gasteiger partial charge in [0.2, 0.25) is 0 Å². The third-order valence-corrected chi connectivity index (χ3v) is 4.01. The molecule has 0 atom stereocenters. The number of methoxy groups -OCH3 is 1. The molecule has 0 saturated heterocycles. The van der Waals surface area contributed by atoms with E-state index in [0.29, 0.717) is 22.9 Å². The van der Waals surface area contributed by atoms with E-state index in [-0.39, 0.29) is 13.2 Å². The van der Waals surface area contributed by atoms with Crippen LogP contribution in [0.25, 0.3) is 0 Å². The maximum absolute atomic E-state index is 12.0. The van der Waals surface area contributed by atoms with Crippen molar-refractivity contribution >= 4 is 17.5 Å². The van der Waals surface area contributed by atoms with Crippen LogP contribution in [0.4, 0.5) is 5.69 Å². The third-order valence-electron chi connectivity index (χ3n) is 4.01. The first-order chi connectivity index (χ1) is 14.6. The molecule has 0 spiro atoms. The number of carbonyl (C=O) groups is 2. The molecule has 2 N–H and O–H groups in total. The van der Waals surface area contributed by atoms with Gasteiger partial charge >= 0.3 is 11.8 Å². The SMILES string of the molecule is COc1ccc(OCCNC(=O)C(=O)Nc2ccc(Oc3ccccc3)cc2)cc1. The third kappa shape index (κ3) is 6.27. The van der Waals surface area contributed by atoms with Crippen molar-refractivity contribution in [2.45, 2.75) is 0 Å². The molecule has 0 aliphatic rings. The van der Waals surface area contributed by atoms with Crippen LogP contribution in [0.5, 0.6) is 23.0 Å². The summed E-state index contributed by atoms with van der Waals surface area (Å²) in [5, 5.41) is 5.06. The second-order valence-electron chi connectivity index (χ2n) is 6.17. The van der Waals surface area contributed by atoms with Crippen molar-refractivity contribution in [1.82, 2.24) is 5.32 Å². The molecule has 0 heterocycles. The Bertz CT molecular complexity index is 957. The number of para-hydroxylation sites is 1. The van der Waals surface area contributed by atoms with Crippen molar-refractivity contribution in [3.63, 3.8) is 0 Å². The Kier molecular flexibility index (Phi) is 7.27. The van der Waals surface area contributed by atoms with Crippen LogP contribution in [0, 0.1) is 0 Å². The van der Waals surface area contributed by atoms with E-state index in [1.807, 2.05) is 30.3 Å². The lowest BCUT2D eigenvalue weighted by atomic mass is 10.3. The molecule has 0 unspecified atom stereocenters. The number of carbonyl (C=O) groups excluding carboxylic acids is 2. The molecule has 0 radical (unpaired) electrons. The van der Waals surface area contributed by atoms with Crippen LogP contribution in [0.1, 0.15) is 0 Å². The smallest absolute Gasteiger partial charge is 0.313 e. The van der Waals surface area contributed by atoms with Gasteiger partial charge in [0.25, 0.3) is 0 Å². The molecule has 7 heteroatoms. The number of benzene rings is 3. The van der Waals surface area contributed by atoms with Crippen LogP contribution in [0.3, 0.4) is 0 Å². The van der Waals surface area contributed by atoms with Crippen LogP contribution in [-0.4, -0.2) is 32.1 Å². The summed E-state index contributed by atoms with van der Waals surface area (Å²) < 4.78 is 16.3. The fraction of sp³-hybridized carbons (Fsp3) is 0.130. The molecule has 154 valence electrons. The summed E-state index contributed by atoms with van der Waals surface area (Å²) in [5.41, 5.74) is 0.491. The first-order valence-electron chi connectivity index (χ1n) is 9.33. The lowest BCUT2D eigenvalue weighted by Gasteiger charge is -2.09. The molecule has 3 aromatic rings. The molecule has 0 bridgehead atoms. The molecular weight excluding hydrogens is 384 g/mol. The van der Waals surface area contributed by atoms with Crippen LogP contribution in [-0.2, 0) is 9.59 Å². The summed E-state index contributed by atoms with van der Waals surface area (Å²) in [7, 11) is 1.59. The van der Waals surface area contributed by atoms with Gasteiger partial charge in [-0.1, -0.05) is 18.2 Å². The van der Waals surface area contributed by atoms with Gasteiger partial charge < -0.3 is 24.8 Å². The van der Waals surface area contributed by atoms with Gasteiger partial charge in [0.1, 0.15) is 29.6 Å². The summed E-state index contributed by atoms with van der Waals surface area (Å²) in [6.07, 6.45) is 0. The molecular formula is C23H22N2O5. The predicted molar refractivity (Wildman–Crippen MR) is 113 cm³/mol. The fourth-order valence-corrected chi connectivity index (χ4v) is 2.50. The lowest BCUT2D eigenvalue weighted by molar-refractivity contribution is -0.136. The van der Waals surface area contributed by atoms with Crippen LogP contribution >= 0.6 is 0 Å². The van der Waals surface area contributed by atoms with Gasteiger partial charge in [-0.2, -0.15) is 0 Å². The number of hydrogen-bond donors (Lipinski definition) is 2. The highest BCUT2D eigenvalue weighted by Gasteiger charge is 2.13. The first-order valence-corrected chi connectivity index (χ1v) is 9.33. The Labute approximate surface area is 174 Å². The minimum absolute atomic E-state index is 0.197. The maximum atomic E-state index is 12.0. The summed E-state index contributed by atoms with van der Waals surface area (Å²) in [4.78, 5) is 23.9. The number of hydrogen-bond acceptors (Lipinski definition) is 5. The van der Waals surface area contributed by atoms with Crippen molar-refractivity contribution in [2.75, 3.05) is 25.6 Å². The highest BCUT2D eigenvalue weighted by Crippen LogP contribution is 2.22.